The fraction of sp³-hybridized carbons (Fsp3) is 0.500. The molecule has 0 aromatic heterocycles. The Morgan fingerprint density at radius 3 is 2.54 bits per heavy atom. The number of thioether (sulfide) groups is 1. The van der Waals surface area contributed by atoms with Gasteiger partial charge in [-0.25, -0.2) is 0 Å². The molecule has 2 amide bonds. The minimum atomic E-state index is -1.22. The van der Waals surface area contributed by atoms with Gasteiger partial charge in [-0.2, -0.15) is 11.8 Å². The Bertz CT molecular complexity index is 741. The number of carbonyl (C=O) groups excluding carboxylic acids is 3. The first-order chi connectivity index (χ1) is 12.4. The first-order valence-corrected chi connectivity index (χ1v) is 10.1. The number of hydrogen-bond donors (Lipinski definition) is 1. The summed E-state index contributed by atoms with van der Waals surface area (Å²) in [6.07, 6.45) is 2.33. The number of esters is 1. The van der Waals surface area contributed by atoms with Gasteiger partial charge in [0.1, 0.15) is 5.54 Å². The third-order valence-electron chi connectivity index (χ3n) is 5.35. The smallest absolute Gasteiger partial charge is 0.326 e. The summed E-state index contributed by atoms with van der Waals surface area (Å²) in [5.74, 6) is -1.88. The number of imide groups is 1. The minimum Gasteiger partial charge on any atom is -0.468 e. The molecule has 3 rings (SSSR count). The molecule has 2 heterocycles. The number of ether oxygens (including phenoxy) is 1. The van der Waals surface area contributed by atoms with Crippen molar-refractivity contribution in [1.29, 1.82) is 0 Å². The third kappa shape index (κ3) is 2.82. The Balaban J connectivity index is 2.11. The fourth-order valence-corrected chi connectivity index (χ4v) is 4.72. The second-order valence-electron chi connectivity index (χ2n) is 6.62. The molecule has 2 fully saturated rings. The molecule has 1 aromatic rings. The molecule has 140 valence electrons. The van der Waals surface area contributed by atoms with Gasteiger partial charge in [-0.05, 0) is 36.1 Å². The van der Waals surface area contributed by atoms with Crippen LogP contribution in [-0.4, -0.2) is 54.4 Å². The topological polar surface area (TPSA) is 75.7 Å². The van der Waals surface area contributed by atoms with Crippen LogP contribution in [0.5, 0.6) is 0 Å². The highest BCUT2D eigenvalue weighted by Crippen LogP contribution is 2.50. The van der Waals surface area contributed by atoms with Crippen LogP contribution in [0.25, 0.3) is 0 Å². The van der Waals surface area contributed by atoms with Crippen LogP contribution in [0.15, 0.2) is 24.3 Å². The SMILES string of the molecule is COC(=O)[C@]1(CCSC)N[C@@H](c2ccc(Cl)cc2)[C@@H]2C(=O)N(C)C(=O)[C@H]21. The van der Waals surface area contributed by atoms with E-state index < -0.39 is 29.4 Å². The van der Waals surface area contributed by atoms with Crippen molar-refractivity contribution in [1.82, 2.24) is 10.2 Å². The lowest BCUT2D eigenvalue weighted by atomic mass is 9.78. The van der Waals surface area contributed by atoms with Gasteiger partial charge in [0, 0.05) is 18.1 Å². The van der Waals surface area contributed by atoms with Crippen molar-refractivity contribution in [3.05, 3.63) is 34.9 Å². The maximum atomic E-state index is 12.9. The Hall–Kier alpha value is -1.57. The Kier molecular flexibility index (Phi) is 5.33. The zero-order chi connectivity index (χ0) is 19.1. The van der Waals surface area contributed by atoms with Gasteiger partial charge in [-0.1, -0.05) is 23.7 Å². The van der Waals surface area contributed by atoms with Crippen LogP contribution >= 0.6 is 23.4 Å². The average molecular weight is 397 g/mol. The summed E-state index contributed by atoms with van der Waals surface area (Å²) >= 11 is 7.55. The Morgan fingerprint density at radius 2 is 1.96 bits per heavy atom. The minimum absolute atomic E-state index is 0.276. The molecule has 0 aliphatic carbocycles. The van der Waals surface area contributed by atoms with Gasteiger partial charge < -0.3 is 4.74 Å². The molecule has 26 heavy (non-hydrogen) atoms. The number of carbonyl (C=O) groups is 3. The van der Waals surface area contributed by atoms with E-state index in [-0.39, 0.29) is 11.8 Å². The van der Waals surface area contributed by atoms with Crippen molar-refractivity contribution in [3.8, 4) is 0 Å². The maximum Gasteiger partial charge on any atom is 0.326 e. The summed E-state index contributed by atoms with van der Waals surface area (Å²) in [5, 5.41) is 3.89. The molecule has 4 atom stereocenters. The lowest BCUT2D eigenvalue weighted by Crippen LogP contribution is -2.56. The zero-order valence-corrected chi connectivity index (χ0v) is 16.4. The second-order valence-corrected chi connectivity index (χ2v) is 8.04. The second kappa shape index (κ2) is 7.21. The predicted octanol–water partition coefficient (Wildman–Crippen LogP) is 1.88. The molecule has 8 heteroatoms. The van der Waals surface area contributed by atoms with Crippen LogP contribution in [0.2, 0.25) is 5.02 Å². The molecule has 1 aromatic carbocycles. The number of hydrogen-bond acceptors (Lipinski definition) is 6. The van der Waals surface area contributed by atoms with Crippen molar-refractivity contribution in [2.45, 2.75) is 18.0 Å². The molecule has 0 bridgehead atoms. The number of benzene rings is 1. The summed E-state index contributed by atoms with van der Waals surface area (Å²) < 4.78 is 5.05. The van der Waals surface area contributed by atoms with Gasteiger partial charge in [0.25, 0.3) is 0 Å². The van der Waals surface area contributed by atoms with Gasteiger partial charge in [0.2, 0.25) is 11.8 Å². The summed E-state index contributed by atoms with van der Waals surface area (Å²) in [7, 11) is 2.78. The molecular weight excluding hydrogens is 376 g/mol. The highest BCUT2D eigenvalue weighted by Gasteiger charge is 2.67. The van der Waals surface area contributed by atoms with E-state index in [2.05, 4.69) is 5.32 Å². The number of halogens is 1. The normalized spacial score (nSPS) is 30.6. The first kappa shape index (κ1) is 19.2. The molecule has 6 nitrogen and oxygen atoms in total. The highest BCUT2D eigenvalue weighted by molar-refractivity contribution is 7.98. The molecular formula is C18H21ClN2O4S. The molecule has 0 unspecified atom stereocenters. The maximum absolute atomic E-state index is 12.9. The van der Waals surface area contributed by atoms with Crippen LogP contribution in [0.1, 0.15) is 18.0 Å². The van der Waals surface area contributed by atoms with Crippen LogP contribution in [-0.2, 0) is 19.1 Å². The van der Waals surface area contributed by atoms with Gasteiger partial charge >= 0.3 is 5.97 Å². The van der Waals surface area contributed by atoms with Crippen LogP contribution in [0.3, 0.4) is 0 Å². The highest BCUT2D eigenvalue weighted by atomic mass is 35.5. The standard InChI is InChI=1S/C18H21ClN2O4S/c1-21-15(22)12-13(16(21)23)18(8-9-26-3,17(24)25-2)20-14(12)10-4-6-11(19)7-5-10/h4-7,12-14,20H,8-9H2,1-3H3/t12-,13+,14+,18-/m1/s1. The van der Waals surface area contributed by atoms with Crippen molar-refractivity contribution >= 4 is 41.1 Å². The predicted molar refractivity (Wildman–Crippen MR) is 99.8 cm³/mol. The average Bonchev–Trinajstić information content (AvgIpc) is 3.10. The van der Waals surface area contributed by atoms with Crippen molar-refractivity contribution in [2.75, 3.05) is 26.2 Å². The largest absolute Gasteiger partial charge is 0.468 e. The lowest BCUT2D eigenvalue weighted by Gasteiger charge is -2.32. The van der Waals surface area contributed by atoms with Gasteiger partial charge in [-0.3, -0.25) is 24.6 Å². The van der Waals surface area contributed by atoms with Crippen LogP contribution in [0.4, 0.5) is 0 Å². The molecule has 2 saturated heterocycles. The summed E-state index contributed by atoms with van der Waals surface area (Å²) in [5.41, 5.74) is -0.402. The number of likely N-dealkylation sites (tertiary alicyclic amines) is 1. The zero-order valence-electron chi connectivity index (χ0n) is 14.8. The Morgan fingerprint density at radius 1 is 1.31 bits per heavy atom. The Labute approximate surface area is 161 Å². The number of amides is 2. The van der Waals surface area contributed by atoms with E-state index in [1.165, 1.54) is 14.2 Å². The summed E-state index contributed by atoms with van der Waals surface area (Å²) in [4.78, 5) is 39.6. The van der Waals surface area contributed by atoms with E-state index in [1.54, 1.807) is 23.9 Å². The quantitative estimate of drug-likeness (QED) is 0.605. The number of nitrogens with one attached hydrogen (secondary N) is 1. The number of rotatable bonds is 5. The van der Waals surface area contributed by atoms with E-state index in [4.69, 9.17) is 16.3 Å². The molecule has 2 aliphatic rings. The van der Waals surface area contributed by atoms with Gasteiger partial charge in [0.05, 0.1) is 18.9 Å². The molecule has 0 spiro atoms. The molecule has 0 saturated carbocycles. The van der Waals surface area contributed by atoms with E-state index >= 15 is 0 Å². The third-order valence-corrected chi connectivity index (χ3v) is 6.22. The monoisotopic (exact) mass is 396 g/mol. The van der Waals surface area contributed by atoms with E-state index in [0.717, 1.165) is 10.5 Å². The van der Waals surface area contributed by atoms with Gasteiger partial charge in [0.15, 0.2) is 0 Å². The van der Waals surface area contributed by atoms with E-state index in [9.17, 15) is 14.4 Å². The molecule has 2 aliphatic heterocycles. The lowest BCUT2D eigenvalue weighted by molar-refractivity contribution is -0.154. The fourth-order valence-electron chi connectivity index (χ4n) is 4.07. The molecule has 0 radical (unpaired) electrons. The van der Waals surface area contributed by atoms with Crippen LogP contribution < -0.4 is 5.32 Å². The van der Waals surface area contributed by atoms with Crippen molar-refractivity contribution in [3.63, 3.8) is 0 Å². The number of fused-ring (bicyclic) bond motifs is 1. The van der Waals surface area contributed by atoms with Crippen molar-refractivity contribution < 1.29 is 19.1 Å². The number of nitrogens with zero attached hydrogens (tertiary/aromatic N) is 1. The van der Waals surface area contributed by atoms with Crippen molar-refractivity contribution in [2.24, 2.45) is 11.8 Å². The number of methoxy groups -OCH3 is 1. The first-order valence-electron chi connectivity index (χ1n) is 8.29. The van der Waals surface area contributed by atoms with E-state index in [1.807, 2.05) is 18.4 Å². The van der Waals surface area contributed by atoms with E-state index in [0.29, 0.717) is 17.2 Å². The summed E-state index contributed by atoms with van der Waals surface area (Å²) in [6, 6.07) is 6.64. The molecule has 1 N–H and O–H groups in total. The van der Waals surface area contributed by atoms with Gasteiger partial charge in [-0.15, -0.1) is 0 Å². The van der Waals surface area contributed by atoms with Crippen LogP contribution in [0, 0.1) is 11.8 Å². The summed E-state index contributed by atoms with van der Waals surface area (Å²) in [6.45, 7) is 0.